The van der Waals surface area contributed by atoms with Crippen LogP contribution in [0, 0.1) is 0 Å². The second-order valence-corrected chi connectivity index (χ2v) is 7.52. The second kappa shape index (κ2) is 6.10. The number of hydrogen-bond acceptors (Lipinski definition) is 2. The lowest BCUT2D eigenvalue weighted by molar-refractivity contribution is -0.0339. The number of aliphatic hydroxyl groups is 1. The van der Waals surface area contributed by atoms with Crippen LogP contribution in [0.3, 0.4) is 0 Å². The van der Waals surface area contributed by atoms with Gasteiger partial charge in [-0.15, -0.1) is 0 Å². The predicted molar refractivity (Wildman–Crippen MR) is 97.5 cm³/mol. The molecule has 23 heavy (non-hydrogen) atoms. The molecule has 1 aliphatic heterocycles. The van der Waals surface area contributed by atoms with Crippen LogP contribution < -0.4 is 0 Å². The Kier molecular flexibility index (Phi) is 4.31. The highest BCUT2D eigenvalue weighted by Crippen LogP contribution is 2.42. The molecule has 2 aromatic carbocycles. The number of hydrogen-bond donors (Lipinski definition) is 1. The molecule has 0 unspecified atom stereocenters. The highest BCUT2D eigenvalue weighted by molar-refractivity contribution is 5.38. The lowest BCUT2D eigenvalue weighted by Crippen LogP contribution is -2.54. The van der Waals surface area contributed by atoms with Crippen LogP contribution in [0.1, 0.15) is 46.2 Å². The Morgan fingerprint density at radius 2 is 1.39 bits per heavy atom. The van der Waals surface area contributed by atoms with Crippen molar-refractivity contribution in [3.8, 4) is 0 Å². The maximum Gasteiger partial charge on any atom is 0.130 e. The van der Waals surface area contributed by atoms with Gasteiger partial charge in [-0.05, 0) is 51.3 Å². The average Bonchev–Trinajstić information content (AvgIpc) is 3.06. The molecule has 0 radical (unpaired) electrons. The van der Waals surface area contributed by atoms with E-state index in [1.54, 1.807) is 0 Å². The zero-order valence-corrected chi connectivity index (χ0v) is 14.4. The number of nitrogens with zero attached hydrogens (tertiary/aromatic N) is 1. The first-order chi connectivity index (χ1) is 10.9. The highest BCUT2D eigenvalue weighted by atomic mass is 16.3. The fraction of sp³-hybridized carbons (Fsp3) is 0.429. The van der Waals surface area contributed by atoms with Crippen molar-refractivity contribution in [2.24, 2.45) is 0 Å². The number of likely N-dealkylation sites (tertiary alicyclic amines) is 1. The average molecular weight is 311 g/mol. The van der Waals surface area contributed by atoms with Crippen molar-refractivity contribution in [1.82, 2.24) is 4.90 Å². The first kappa shape index (κ1) is 16.2. The van der Waals surface area contributed by atoms with Crippen molar-refractivity contribution in [3.63, 3.8) is 0 Å². The van der Waals surface area contributed by atoms with E-state index in [0.717, 1.165) is 30.5 Å². The van der Waals surface area contributed by atoms with Gasteiger partial charge in [0.1, 0.15) is 5.60 Å². The Labute approximate surface area is 141 Å². The van der Waals surface area contributed by atoms with Crippen LogP contribution in [0.5, 0.6) is 0 Å². The van der Waals surface area contributed by atoms with Crippen LogP contribution in [0.15, 0.2) is 60.7 Å². The van der Waals surface area contributed by atoms with Gasteiger partial charge in [0, 0.05) is 13.0 Å². The molecule has 1 N–H and O–H groups in total. The Balaban J connectivity index is 0.00000208. The quantitative estimate of drug-likeness (QED) is 0.906. The van der Waals surface area contributed by atoms with Gasteiger partial charge in [-0.25, -0.2) is 0 Å². The highest BCUT2D eigenvalue weighted by Gasteiger charge is 2.48. The minimum Gasteiger partial charge on any atom is -0.379 e. The molecule has 1 saturated heterocycles. The summed E-state index contributed by atoms with van der Waals surface area (Å²) in [4.78, 5) is 2.47. The van der Waals surface area contributed by atoms with E-state index in [1.165, 1.54) is 0 Å². The maximum atomic E-state index is 11.9. The van der Waals surface area contributed by atoms with Gasteiger partial charge in [-0.1, -0.05) is 60.7 Å². The van der Waals surface area contributed by atoms with Gasteiger partial charge in [0.15, 0.2) is 0 Å². The molecule has 2 nitrogen and oxygen atoms in total. The van der Waals surface area contributed by atoms with Crippen molar-refractivity contribution >= 4 is 0 Å². The molecule has 124 valence electrons. The molecular weight excluding hydrogens is 282 g/mol. The fourth-order valence-electron chi connectivity index (χ4n) is 3.94. The molecule has 3 rings (SSSR count). The summed E-state index contributed by atoms with van der Waals surface area (Å²) < 4.78 is 0. The van der Waals surface area contributed by atoms with E-state index in [2.05, 4.69) is 25.7 Å². The molecule has 0 aliphatic carbocycles. The third-order valence-corrected chi connectivity index (χ3v) is 5.02. The Bertz CT molecular complexity index is 596. The molecule has 2 aromatic rings. The SMILES string of the molecule is CC(C)(C)N1CCC[C@H]1C(O)(c1ccccc1)c1ccccc1.[HH]. The standard InChI is InChI=1S/C21H27NO.H2/c1-20(2,3)22-16-10-15-19(22)21(23,17-11-6-4-7-12-17)18-13-8-5-9-14-18;/h4-9,11-14,19,23H,10,15-16H2,1-3H3;1H/t19-;/m0./s1. The van der Waals surface area contributed by atoms with E-state index in [9.17, 15) is 5.11 Å². The van der Waals surface area contributed by atoms with Crippen LogP contribution in [0.25, 0.3) is 0 Å². The van der Waals surface area contributed by atoms with E-state index < -0.39 is 5.60 Å². The van der Waals surface area contributed by atoms with E-state index in [0.29, 0.717) is 0 Å². The van der Waals surface area contributed by atoms with E-state index >= 15 is 0 Å². The summed E-state index contributed by atoms with van der Waals surface area (Å²) in [6.07, 6.45) is 2.14. The smallest absolute Gasteiger partial charge is 0.130 e. The van der Waals surface area contributed by atoms with Gasteiger partial charge in [0.2, 0.25) is 0 Å². The van der Waals surface area contributed by atoms with Gasteiger partial charge in [-0.2, -0.15) is 0 Å². The molecule has 2 heteroatoms. The molecule has 1 fully saturated rings. The molecule has 0 aromatic heterocycles. The maximum absolute atomic E-state index is 11.9. The van der Waals surface area contributed by atoms with Crippen LogP contribution in [0.2, 0.25) is 0 Å². The minimum absolute atomic E-state index is 0. The molecule has 0 amide bonds. The van der Waals surface area contributed by atoms with Crippen LogP contribution in [0.4, 0.5) is 0 Å². The van der Waals surface area contributed by atoms with Crippen molar-refractivity contribution in [2.75, 3.05) is 6.54 Å². The van der Waals surface area contributed by atoms with Crippen molar-refractivity contribution < 1.29 is 6.53 Å². The Morgan fingerprint density at radius 1 is 0.913 bits per heavy atom. The molecule has 1 aliphatic rings. The van der Waals surface area contributed by atoms with Crippen LogP contribution >= 0.6 is 0 Å². The summed E-state index contributed by atoms with van der Waals surface area (Å²) in [7, 11) is 0. The Morgan fingerprint density at radius 3 is 1.83 bits per heavy atom. The third-order valence-electron chi connectivity index (χ3n) is 5.02. The predicted octanol–water partition coefficient (Wildman–Crippen LogP) is 4.43. The molecule has 1 atom stereocenters. The molecule has 0 bridgehead atoms. The fourth-order valence-corrected chi connectivity index (χ4v) is 3.94. The van der Waals surface area contributed by atoms with Gasteiger partial charge in [0.25, 0.3) is 0 Å². The van der Waals surface area contributed by atoms with Gasteiger partial charge >= 0.3 is 0 Å². The summed E-state index contributed by atoms with van der Waals surface area (Å²) >= 11 is 0. The zero-order chi connectivity index (χ0) is 16.5. The van der Waals surface area contributed by atoms with Gasteiger partial charge < -0.3 is 5.11 Å². The molecule has 0 spiro atoms. The number of benzene rings is 2. The van der Waals surface area contributed by atoms with E-state index in [-0.39, 0.29) is 13.0 Å². The van der Waals surface area contributed by atoms with Gasteiger partial charge in [0.05, 0.1) is 0 Å². The second-order valence-electron chi connectivity index (χ2n) is 7.52. The van der Waals surface area contributed by atoms with E-state index in [4.69, 9.17) is 0 Å². The topological polar surface area (TPSA) is 23.5 Å². The first-order valence-electron chi connectivity index (χ1n) is 8.54. The molecule has 0 saturated carbocycles. The van der Waals surface area contributed by atoms with Crippen molar-refractivity contribution in [2.45, 2.75) is 50.8 Å². The molecule has 1 heterocycles. The van der Waals surface area contributed by atoms with E-state index in [1.807, 2.05) is 60.7 Å². The summed E-state index contributed by atoms with van der Waals surface area (Å²) in [5, 5.41) is 11.9. The first-order valence-corrected chi connectivity index (χ1v) is 8.54. The third kappa shape index (κ3) is 2.93. The normalized spacial score (nSPS) is 19.9. The zero-order valence-electron chi connectivity index (χ0n) is 14.4. The van der Waals surface area contributed by atoms with Crippen molar-refractivity contribution in [3.05, 3.63) is 71.8 Å². The summed E-state index contributed by atoms with van der Waals surface area (Å²) in [6.45, 7) is 7.75. The molecular formula is C21H29NO. The minimum atomic E-state index is -0.980. The lowest BCUT2D eigenvalue weighted by Gasteiger charge is -2.45. The van der Waals surface area contributed by atoms with Gasteiger partial charge in [-0.3, -0.25) is 4.90 Å². The van der Waals surface area contributed by atoms with Crippen LogP contribution in [-0.2, 0) is 5.60 Å². The summed E-state index contributed by atoms with van der Waals surface area (Å²) in [5.74, 6) is 0. The van der Waals surface area contributed by atoms with Crippen molar-refractivity contribution in [1.29, 1.82) is 0 Å². The summed E-state index contributed by atoms with van der Waals surface area (Å²) in [5.41, 5.74) is 1.02. The largest absolute Gasteiger partial charge is 0.379 e. The monoisotopic (exact) mass is 311 g/mol. The Hall–Kier alpha value is -1.64. The lowest BCUT2D eigenvalue weighted by atomic mass is 9.78. The summed E-state index contributed by atoms with van der Waals surface area (Å²) in [6, 6.07) is 20.3. The number of rotatable bonds is 3. The van der Waals surface area contributed by atoms with Crippen LogP contribution in [-0.4, -0.2) is 28.1 Å².